The summed E-state index contributed by atoms with van der Waals surface area (Å²) in [5.41, 5.74) is 3.51. The van der Waals surface area contributed by atoms with Crippen LogP contribution in [0.1, 0.15) is 47.2 Å². The highest BCUT2D eigenvalue weighted by molar-refractivity contribution is 5.88. The van der Waals surface area contributed by atoms with Crippen LogP contribution in [-0.4, -0.2) is 17.9 Å². The third-order valence-electron chi connectivity index (χ3n) is 6.78. The van der Waals surface area contributed by atoms with Gasteiger partial charge in [-0.25, -0.2) is 23.2 Å². The molecule has 0 fully saturated rings. The SMILES string of the molecule is C=CC(=O)Oc1cc(C#Cc2ccc(COC(=O)C(=C)C)cc2)c(F)c(F)c1-c1ccc(C#Cc2ccc(/C=C/OC(=O)C(=C)C)cc2)cc1. The van der Waals surface area contributed by atoms with Crippen molar-refractivity contribution in [1.82, 2.24) is 0 Å². The van der Waals surface area contributed by atoms with Crippen LogP contribution < -0.4 is 4.74 Å². The van der Waals surface area contributed by atoms with E-state index in [0.29, 0.717) is 27.8 Å². The molecule has 0 saturated heterocycles. The molecule has 0 unspecified atom stereocenters. The molecule has 0 atom stereocenters. The van der Waals surface area contributed by atoms with E-state index in [9.17, 15) is 14.4 Å². The molecule has 0 heterocycles. The molecule has 4 aromatic carbocycles. The second kappa shape index (κ2) is 16.9. The first-order chi connectivity index (χ1) is 23.9. The summed E-state index contributed by atoms with van der Waals surface area (Å²) in [4.78, 5) is 35.2. The maximum atomic E-state index is 15.6. The summed E-state index contributed by atoms with van der Waals surface area (Å²) in [6, 6.07) is 21.3. The highest BCUT2D eigenvalue weighted by Crippen LogP contribution is 2.36. The van der Waals surface area contributed by atoms with Crippen molar-refractivity contribution in [2.24, 2.45) is 0 Å². The monoisotopic (exact) mass is 668 g/mol. The first-order valence-electron chi connectivity index (χ1n) is 15.0. The van der Waals surface area contributed by atoms with Gasteiger partial charge < -0.3 is 14.2 Å². The van der Waals surface area contributed by atoms with Crippen molar-refractivity contribution in [2.45, 2.75) is 20.5 Å². The first kappa shape index (κ1) is 36.1. The molecule has 248 valence electrons. The summed E-state index contributed by atoms with van der Waals surface area (Å²) in [5, 5.41) is 0. The van der Waals surface area contributed by atoms with Crippen LogP contribution in [0.2, 0.25) is 0 Å². The number of esters is 3. The quantitative estimate of drug-likeness (QED) is 0.0588. The Morgan fingerprint density at radius 2 is 1.28 bits per heavy atom. The highest BCUT2D eigenvalue weighted by atomic mass is 19.2. The van der Waals surface area contributed by atoms with Crippen LogP contribution in [0.4, 0.5) is 8.78 Å². The van der Waals surface area contributed by atoms with E-state index in [1.807, 2.05) is 0 Å². The predicted octanol–water partition coefficient (Wildman–Crippen LogP) is 8.23. The maximum Gasteiger partial charge on any atom is 0.337 e. The molecule has 0 amide bonds. The molecule has 0 spiro atoms. The van der Waals surface area contributed by atoms with Crippen LogP contribution >= 0.6 is 0 Å². The Balaban J connectivity index is 1.54. The number of rotatable bonds is 9. The van der Waals surface area contributed by atoms with Gasteiger partial charge in [0.1, 0.15) is 12.4 Å². The zero-order valence-corrected chi connectivity index (χ0v) is 27.3. The van der Waals surface area contributed by atoms with Gasteiger partial charge in [0.2, 0.25) is 0 Å². The van der Waals surface area contributed by atoms with E-state index in [0.717, 1.165) is 17.7 Å². The fourth-order valence-corrected chi connectivity index (χ4v) is 4.11. The van der Waals surface area contributed by atoms with E-state index in [1.54, 1.807) is 80.6 Å². The Hall–Kier alpha value is -6.77. The molecule has 0 N–H and O–H groups in total. The molecule has 0 radical (unpaired) electrons. The van der Waals surface area contributed by atoms with Crippen LogP contribution in [0, 0.1) is 35.3 Å². The van der Waals surface area contributed by atoms with E-state index in [4.69, 9.17) is 14.2 Å². The van der Waals surface area contributed by atoms with Gasteiger partial charge in [0.25, 0.3) is 0 Å². The third-order valence-corrected chi connectivity index (χ3v) is 6.78. The zero-order chi connectivity index (χ0) is 36.2. The smallest absolute Gasteiger partial charge is 0.337 e. The lowest BCUT2D eigenvalue weighted by molar-refractivity contribution is -0.140. The number of hydrogen-bond donors (Lipinski definition) is 0. The standard InChI is InChI=1S/C42H30F2O6/c1-6-37(45)50-36-25-35(22-19-30-13-15-33(16-14-30)26-49-42(47)28(4)5)39(43)40(44)38(36)34-20-17-31(18-21-34)8-7-29-9-11-32(12-10-29)23-24-48-41(46)27(2)3/h6,9-18,20-21,23-25H,1-2,4,26H2,3,5H3/b24-23+. The van der Waals surface area contributed by atoms with E-state index in [2.05, 4.69) is 43.4 Å². The van der Waals surface area contributed by atoms with Crippen molar-refractivity contribution in [1.29, 1.82) is 0 Å². The predicted molar refractivity (Wildman–Crippen MR) is 187 cm³/mol. The lowest BCUT2D eigenvalue weighted by atomic mass is 9.99. The minimum absolute atomic E-state index is 0.0388. The van der Waals surface area contributed by atoms with Gasteiger partial charge in [0, 0.05) is 40.0 Å². The van der Waals surface area contributed by atoms with Crippen molar-refractivity contribution in [3.05, 3.63) is 167 Å². The number of halogens is 2. The van der Waals surface area contributed by atoms with Gasteiger partial charge in [-0.15, -0.1) is 0 Å². The molecule has 0 aliphatic heterocycles. The molecule has 50 heavy (non-hydrogen) atoms. The van der Waals surface area contributed by atoms with Gasteiger partial charge in [-0.2, -0.15) is 0 Å². The Bertz CT molecular complexity index is 2140. The van der Waals surface area contributed by atoms with Gasteiger partial charge in [0.05, 0.1) is 17.4 Å². The van der Waals surface area contributed by atoms with Gasteiger partial charge in [-0.3, -0.25) is 0 Å². The molecular weight excluding hydrogens is 638 g/mol. The van der Waals surface area contributed by atoms with Crippen LogP contribution in [0.25, 0.3) is 17.2 Å². The fourth-order valence-electron chi connectivity index (χ4n) is 4.11. The van der Waals surface area contributed by atoms with Gasteiger partial charge in [0.15, 0.2) is 11.6 Å². The van der Waals surface area contributed by atoms with Crippen molar-refractivity contribution in [2.75, 3.05) is 0 Å². The molecule has 0 aliphatic rings. The minimum atomic E-state index is -1.25. The Morgan fingerprint density at radius 3 is 1.84 bits per heavy atom. The van der Waals surface area contributed by atoms with Gasteiger partial charge in [-0.1, -0.05) is 79.8 Å². The summed E-state index contributed by atoms with van der Waals surface area (Å²) in [6.07, 6.45) is 3.83. The summed E-state index contributed by atoms with van der Waals surface area (Å²) in [6.45, 7) is 13.6. The molecular formula is C42H30F2O6. The van der Waals surface area contributed by atoms with Gasteiger partial charge >= 0.3 is 17.9 Å². The van der Waals surface area contributed by atoms with Crippen LogP contribution in [-0.2, 0) is 30.5 Å². The molecule has 4 aromatic rings. The Morgan fingerprint density at radius 1 is 0.740 bits per heavy atom. The molecule has 0 aliphatic carbocycles. The second-order valence-corrected chi connectivity index (χ2v) is 10.8. The zero-order valence-electron chi connectivity index (χ0n) is 27.3. The van der Waals surface area contributed by atoms with Crippen molar-refractivity contribution in [3.8, 4) is 40.6 Å². The maximum absolute atomic E-state index is 15.6. The number of carbonyl (C=O) groups is 3. The second-order valence-electron chi connectivity index (χ2n) is 10.8. The molecule has 0 bridgehead atoms. The lowest BCUT2D eigenvalue weighted by Crippen LogP contribution is -2.07. The molecule has 8 heteroatoms. The number of ether oxygens (including phenoxy) is 3. The summed E-state index contributed by atoms with van der Waals surface area (Å²) < 4.78 is 46.4. The van der Waals surface area contributed by atoms with Crippen LogP contribution in [0.5, 0.6) is 5.75 Å². The van der Waals surface area contributed by atoms with Crippen LogP contribution in [0.15, 0.2) is 122 Å². The van der Waals surface area contributed by atoms with Crippen molar-refractivity contribution < 1.29 is 37.4 Å². The molecule has 0 aromatic heterocycles. The summed E-state index contributed by atoms with van der Waals surface area (Å²) >= 11 is 0. The topological polar surface area (TPSA) is 78.9 Å². The van der Waals surface area contributed by atoms with E-state index < -0.39 is 29.5 Å². The Kier molecular flexibility index (Phi) is 12.2. The minimum Gasteiger partial charge on any atom is -0.457 e. The highest BCUT2D eigenvalue weighted by Gasteiger charge is 2.22. The fraction of sp³-hybridized carbons (Fsp3) is 0.0714. The number of benzene rings is 4. The summed E-state index contributed by atoms with van der Waals surface area (Å²) in [5.74, 6) is 6.82. The van der Waals surface area contributed by atoms with Gasteiger partial charge in [-0.05, 0) is 73.0 Å². The number of carbonyl (C=O) groups excluding carboxylic acids is 3. The summed E-state index contributed by atoms with van der Waals surface area (Å²) in [7, 11) is 0. The lowest BCUT2D eigenvalue weighted by Gasteiger charge is -2.13. The normalized spacial score (nSPS) is 10.2. The number of hydrogen-bond acceptors (Lipinski definition) is 6. The van der Waals surface area contributed by atoms with E-state index in [-0.39, 0.29) is 34.6 Å². The molecule has 4 rings (SSSR count). The molecule has 6 nitrogen and oxygen atoms in total. The molecule has 0 saturated carbocycles. The Labute approximate surface area is 289 Å². The van der Waals surface area contributed by atoms with Crippen LogP contribution in [0.3, 0.4) is 0 Å². The average Bonchev–Trinajstić information content (AvgIpc) is 3.11. The van der Waals surface area contributed by atoms with E-state index in [1.165, 1.54) is 18.4 Å². The third kappa shape index (κ3) is 9.87. The largest absolute Gasteiger partial charge is 0.457 e. The average molecular weight is 669 g/mol. The first-order valence-corrected chi connectivity index (χ1v) is 15.0. The van der Waals surface area contributed by atoms with Crippen molar-refractivity contribution >= 4 is 24.0 Å². The van der Waals surface area contributed by atoms with E-state index >= 15 is 8.78 Å². The van der Waals surface area contributed by atoms with Crippen molar-refractivity contribution in [3.63, 3.8) is 0 Å².